The van der Waals surface area contributed by atoms with Gasteiger partial charge in [0.1, 0.15) is 0 Å². The maximum absolute atomic E-state index is 11.6. The Bertz CT molecular complexity index is 1140. The number of likely N-dealkylation sites (N-methyl/N-ethyl adjacent to an activating group) is 1. The molecule has 1 aliphatic rings. The first-order valence-electron chi connectivity index (χ1n) is 12.5. The normalized spacial score (nSPS) is 22.8. The Balaban J connectivity index is 1.61. The molecule has 5 atom stereocenters. The summed E-state index contributed by atoms with van der Waals surface area (Å²) in [6, 6.07) is 26.2. The number of amides is 1. The highest BCUT2D eigenvalue weighted by atomic mass is 16.7. The van der Waals surface area contributed by atoms with E-state index in [9.17, 15) is 9.90 Å². The summed E-state index contributed by atoms with van der Waals surface area (Å²) in [7, 11) is 2.13. The number of rotatable bonds is 8. The van der Waals surface area contributed by atoms with E-state index in [1.807, 2.05) is 54.6 Å². The monoisotopic (exact) mass is 488 g/mol. The number of anilines is 1. The van der Waals surface area contributed by atoms with E-state index in [0.29, 0.717) is 5.69 Å². The summed E-state index contributed by atoms with van der Waals surface area (Å²) in [6.45, 7) is 6.61. The summed E-state index contributed by atoms with van der Waals surface area (Å²) in [6.07, 6.45) is -0.860. The summed E-state index contributed by atoms with van der Waals surface area (Å²) >= 11 is 0. The van der Waals surface area contributed by atoms with Crippen LogP contribution >= 0.6 is 0 Å². The molecule has 190 valence electrons. The second-order valence-corrected chi connectivity index (χ2v) is 9.65. The molecule has 4 rings (SSSR count). The highest BCUT2D eigenvalue weighted by molar-refractivity contribution is 5.88. The highest BCUT2D eigenvalue weighted by Gasteiger charge is 2.39. The van der Waals surface area contributed by atoms with Crippen LogP contribution in [0.15, 0.2) is 78.9 Å². The minimum atomic E-state index is -0.581. The van der Waals surface area contributed by atoms with Crippen molar-refractivity contribution < 1.29 is 19.4 Å². The molecule has 6 heteroatoms. The minimum absolute atomic E-state index is 0.00777. The number of aliphatic hydroxyl groups excluding tert-OH is 1. The van der Waals surface area contributed by atoms with Gasteiger partial charge in [0.25, 0.3) is 0 Å². The van der Waals surface area contributed by atoms with Gasteiger partial charge in [-0.3, -0.25) is 9.69 Å². The summed E-state index contributed by atoms with van der Waals surface area (Å²) < 4.78 is 13.1. The average Bonchev–Trinajstić information content (AvgIpc) is 2.89. The molecule has 5 unspecified atom stereocenters. The van der Waals surface area contributed by atoms with Crippen LogP contribution in [0.4, 0.5) is 5.69 Å². The Labute approximate surface area is 213 Å². The van der Waals surface area contributed by atoms with Gasteiger partial charge in [0, 0.05) is 36.7 Å². The third kappa shape index (κ3) is 6.20. The molecule has 1 amide bonds. The van der Waals surface area contributed by atoms with E-state index in [1.165, 1.54) is 12.5 Å². The van der Waals surface area contributed by atoms with E-state index in [1.54, 1.807) is 0 Å². The smallest absolute Gasteiger partial charge is 0.221 e. The van der Waals surface area contributed by atoms with Gasteiger partial charge in [-0.25, -0.2) is 0 Å². The van der Waals surface area contributed by atoms with Gasteiger partial charge in [0.05, 0.1) is 18.8 Å². The van der Waals surface area contributed by atoms with E-state index < -0.39 is 6.29 Å². The Kier molecular flexibility index (Phi) is 8.54. The summed E-state index contributed by atoms with van der Waals surface area (Å²) in [5.74, 6) is -0.0346. The molecule has 1 aliphatic heterocycles. The number of hydrogen-bond donors (Lipinski definition) is 2. The molecule has 3 aromatic rings. The summed E-state index contributed by atoms with van der Waals surface area (Å²) in [5, 5.41) is 12.3. The number of nitrogens with one attached hydrogen (secondary N) is 1. The molecule has 1 fully saturated rings. The van der Waals surface area contributed by atoms with E-state index >= 15 is 0 Å². The maximum Gasteiger partial charge on any atom is 0.221 e. The molecule has 0 aliphatic carbocycles. The minimum Gasteiger partial charge on any atom is -0.392 e. The number of hydrogen-bond acceptors (Lipinski definition) is 5. The van der Waals surface area contributed by atoms with Crippen molar-refractivity contribution in [3.63, 3.8) is 0 Å². The predicted octanol–water partition coefficient (Wildman–Crippen LogP) is 5.62. The fraction of sp³-hybridized carbons (Fsp3) is 0.367. The fourth-order valence-electron chi connectivity index (χ4n) is 4.72. The van der Waals surface area contributed by atoms with E-state index in [-0.39, 0.29) is 36.7 Å². The Morgan fingerprint density at radius 1 is 1.00 bits per heavy atom. The van der Waals surface area contributed by atoms with Crippen molar-refractivity contribution >= 4 is 11.6 Å². The first-order chi connectivity index (χ1) is 17.4. The number of aliphatic hydroxyl groups is 1. The van der Waals surface area contributed by atoms with Gasteiger partial charge < -0.3 is 19.9 Å². The van der Waals surface area contributed by atoms with E-state index in [0.717, 1.165) is 23.2 Å². The third-order valence-electron chi connectivity index (χ3n) is 7.01. The van der Waals surface area contributed by atoms with Crippen LogP contribution in [0.5, 0.6) is 0 Å². The van der Waals surface area contributed by atoms with Crippen LogP contribution < -0.4 is 5.32 Å². The zero-order chi connectivity index (χ0) is 25.7. The van der Waals surface area contributed by atoms with Gasteiger partial charge in [-0.1, -0.05) is 73.7 Å². The lowest BCUT2D eigenvalue weighted by Gasteiger charge is -2.43. The zero-order valence-corrected chi connectivity index (χ0v) is 21.4. The van der Waals surface area contributed by atoms with Crippen molar-refractivity contribution in [3.8, 4) is 0 Å². The molecule has 0 bridgehead atoms. The maximum atomic E-state index is 11.6. The standard InChI is InChI=1S/C30H36N2O4/c1-20-28(18-32(4)21(2)24-9-6-5-7-10-24)35-30(26-11-8-12-27(17-26)31-22(3)34)36-29(20)25-15-13-23(19-33)14-16-25/h5-17,20-21,28-30,33H,18-19H2,1-4H3,(H,31,34). The van der Waals surface area contributed by atoms with Crippen molar-refractivity contribution in [3.05, 3.63) is 101 Å². The van der Waals surface area contributed by atoms with E-state index in [4.69, 9.17) is 9.47 Å². The van der Waals surface area contributed by atoms with Crippen LogP contribution in [0.25, 0.3) is 0 Å². The molecule has 6 nitrogen and oxygen atoms in total. The third-order valence-corrected chi connectivity index (χ3v) is 7.01. The van der Waals surface area contributed by atoms with Crippen molar-refractivity contribution in [2.45, 2.75) is 51.9 Å². The number of benzene rings is 3. The first-order valence-corrected chi connectivity index (χ1v) is 12.5. The molecule has 3 aromatic carbocycles. The molecular weight excluding hydrogens is 452 g/mol. The van der Waals surface area contributed by atoms with Crippen LogP contribution in [0, 0.1) is 5.92 Å². The number of nitrogens with zero attached hydrogens (tertiary/aromatic N) is 1. The van der Waals surface area contributed by atoms with Gasteiger partial charge in [0.2, 0.25) is 5.91 Å². The topological polar surface area (TPSA) is 71.0 Å². The lowest BCUT2D eigenvalue weighted by atomic mass is 9.89. The Hall–Kier alpha value is -3.03. The van der Waals surface area contributed by atoms with Crippen LogP contribution in [0.2, 0.25) is 0 Å². The van der Waals surface area contributed by atoms with Crippen molar-refractivity contribution in [1.29, 1.82) is 0 Å². The SMILES string of the molecule is CC(=O)Nc1cccc(C2OC(CN(C)C(C)c3ccccc3)C(C)C(c3ccc(CO)cc3)O2)c1. The number of carbonyl (C=O) groups is 1. The van der Waals surface area contributed by atoms with Gasteiger partial charge >= 0.3 is 0 Å². The van der Waals surface area contributed by atoms with Gasteiger partial charge in [-0.05, 0) is 42.8 Å². The highest BCUT2D eigenvalue weighted by Crippen LogP contribution is 2.42. The largest absolute Gasteiger partial charge is 0.392 e. The molecule has 0 saturated carbocycles. The van der Waals surface area contributed by atoms with Crippen LogP contribution in [-0.2, 0) is 20.9 Å². The van der Waals surface area contributed by atoms with Gasteiger partial charge in [-0.15, -0.1) is 0 Å². The Morgan fingerprint density at radius 2 is 1.72 bits per heavy atom. The average molecular weight is 489 g/mol. The van der Waals surface area contributed by atoms with Crippen LogP contribution in [0.3, 0.4) is 0 Å². The number of carbonyl (C=O) groups excluding carboxylic acids is 1. The molecule has 1 heterocycles. The molecule has 0 spiro atoms. The second-order valence-electron chi connectivity index (χ2n) is 9.65. The lowest BCUT2D eigenvalue weighted by Crippen LogP contribution is -2.44. The van der Waals surface area contributed by atoms with Crippen molar-refractivity contribution in [1.82, 2.24) is 4.90 Å². The van der Waals surface area contributed by atoms with Crippen LogP contribution in [-0.4, -0.2) is 35.6 Å². The number of ether oxygens (including phenoxy) is 2. The molecule has 36 heavy (non-hydrogen) atoms. The van der Waals surface area contributed by atoms with E-state index in [2.05, 4.69) is 55.4 Å². The van der Waals surface area contributed by atoms with Crippen LogP contribution in [0.1, 0.15) is 61.5 Å². The fourth-order valence-corrected chi connectivity index (χ4v) is 4.72. The second kappa shape index (κ2) is 11.8. The molecule has 2 N–H and O–H groups in total. The molecule has 0 aromatic heterocycles. The van der Waals surface area contributed by atoms with Gasteiger partial charge in [0.15, 0.2) is 6.29 Å². The Morgan fingerprint density at radius 3 is 2.39 bits per heavy atom. The lowest BCUT2D eigenvalue weighted by molar-refractivity contribution is -0.276. The quantitative estimate of drug-likeness (QED) is 0.431. The van der Waals surface area contributed by atoms with Gasteiger partial charge in [-0.2, -0.15) is 0 Å². The molecule has 0 radical (unpaired) electrons. The van der Waals surface area contributed by atoms with Crippen molar-refractivity contribution in [2.75, 3.05) is 18.9 Å². The van der Waals surface area contributed by atoms with Crippen molar-refractivity contribution in [2.24, 2.45) is 5.92 Å². The zero-order valence-electron chi connectivity index (χ0n) is 21.4. The molecular formula is C30H36N2O4. The first kappa shape index (κ1) is 26.0. The summed E-state index contributed by atoms with van der Waals surface area (Å²) in [5.41, 5.74) is 4.74. The predicted molar refractivity (Wildman–Crippen MR) is 141 cm³/mol. The summed E-state index contributed by atoms with van der Waals surface area (Å²) in [4.78, 5) is 13.9. The molecule has 1 saturated heterocycles.